The molecule has 0 saturated carbocycles. The number of carboxylic acids is 2. The monoisotopic (exact) mass is 571 g/mol. The van der Waals surface area contributed by atoms with Gasteiger partial charge in [0.2, 0.25) is 6.61 Å². The number of aliphatic carboxylic acids is 2. The summed E-state index contributed by atoms with van der Waals surface area (Å²) in [6, 6.07) is -1.09. The zero-order valence-corrected chi connectivity index (χ0v) is 21.7. The second-order valence-electron chi connectivity index (χ2n) is 7.52. The minimum atomic E-state index is -1.34. The molecule has 17 heteroatoms. The minimum Gasteiger partial charge on any atom is -0.479 e. The van der Waals surface area contributed by atoms with Crippen LogP contribution in [0.15, 0.2) is 32.6 Å². The number of β-lactam (4-membered cyclic amide) rings is 1. The van der Waals surface area contributed by atoms with Crippen LogP contribution in [0.4, 0.5) is 5.13 Å². The summed E-state index contributed by atoms with van der Waals surface area (Å²) >= 11 is 3.20. The smallest absolute Gasteiger partial charge is 0.353 e. The van der Waals surface area contributed by atoms with Crippen LogP contribution in [0.25, 0.3) is 0 Å². The molecule has 14 nitrogen and oxygen atoms in total. The van der Waals surface area contributed by atoms with Crippen molar-refractivity contribution < 1.29 is 43.8 Å². The topological polar surface area (TPSA) is 211 Å². The van der Waals surface area contributed by atoms with Crippen LogP contribution in [0.3, 0.4) is 0 Å². The number of carbonyl (C=O) groups is 5. The van der Waals surface area contributed by atoms with Gasteiger partial charge in [0.25, 0.3) is 11.8 Å². The van der Waals surface area contributed by atoms with Gasteiger partial charge in [-0.15, -0.1) is 23.1 Å². The molecule has 3 heterocycles. The zero-order chi connectivity index (χ0) is 27.3. The summed E-state index contributed by atoms with van der Waals surface area (Å²) in [5.41, 5.74) is 4.96. The van der Waals surface area contributed by atoms with Crippen LogP contribution in [0.2, 0.25) is 0 Å². The molecule has 2 aliphatic heterocycles. The number of thiazole rings is 1. The van der Waals surface area contributed by atoms with E-state index in [0.29, 0.717) is 4.91 Å². The third kappa shape index (κ3) is 6.80. The van der Waals surface area contributed by atoms with Crippen LogP contribution in [0, 0.1) is 0 Å². The molecule has 0 spiro atoms. The van der Waals surface area contributed by atoms with Crippen LogP contribution >= 0.6 is 34.9 Å². The van der Waals surface area contributed by atoms with Crippen molar-refractivity contribution in [2.75, 3.05) is 18.1 Å². The quantitative estimate of drug-likeness (QED) is 0.0934. The molecule has 37 heavy (non-hydrogen) atoms. The highest BCUT2D eigenvalue weighted by Gasteiger charge is 2.54. The molecule has 2 atom stereocenters. The Morgan fingerprint density at radius 2 is 2.11 bits per heavy atom. The number of anilines is 1. The summed E-state index contributed by atoms with van der Waals surface area (Å²) in [5.74, 6) is -4.61. The number of carboxylic acid groups (broad SMARTS) is 2. The summed E-state index contributed by atoms with van der Waals surface area (Å²) in [6.45, 7) is 2.56. The summed E-state index contributed by atoms with van der Waals surface area (Å²) in [5, 5.41) is 26.7. The lowest BCUT2D eigenvalue weighted by Crippen LogP contribution is -2.71. The maximum absolute atomic E-state index is 12.9. The Balaban J connectivity index is 1.74. The zero-order valence-electron chi connectivity index (χ0n) is 19.3. The van der Waals surface area contributed by atoms with Crippen molar-refractivity contribution in [2.24, 2.45) is 5.16 Å². The largest absolute Gasteiger partial charge is 0.479 e. The van der Waals surface area contributed by atoms with Crippen molar-refractivity contribution in [3.05, 3.63) is 33.2 Å². The number of hydrogen-bond acceptors (Lipinski definition) is 13. The van der Waals surface area contributed by atoms with Crippen molar-refractivity contribution in [1.29, 1.82) is 0 Å². The van der Waals surface area contributed by atoms with Crippen molar-refractivity contribution >= 4 is 75.4 Å². The van der Waals surface area contributed by atoms with Gasteiger partial charge in [0.05, 0.1) is 6.10 Å². The van der Waals surface area contributed by atoms with E-state index in [-0.39, 0.29) is 28.4 Å². The summed E-state index contributed by atoms with van der Waals surface area (Å²) in [4.78, 5) is 70.1. The molecule has 3 rings (SSSR count). The number of amides is 2. The Hall–Kier alpha value is -3.57. The first-order valence-electron chi connectivity index (χ1n) is 10.4. The van der Waals surface area contributed by atoms with Gasteiger partial charge in [0.15, 0.2) is 10.8 Å². The van der Waals surface area contributed by atoms with Crippen LogP contribution in [0.5, 0.6) is 0 Å². The van der Waals surface area contributed by atoms with Gasteiger partial charge in [-0.05, 0) is 19.3 Å². The number of nitrogens with zero attached hydrogens (tertiary/aromatic N) is 3. The third-order valence-corrected chi connectivity index (χ3v) is 7.54. The van der Waals surface area contributed by atoms with Gasteiger partial charge in [0, 0.05) is 22.1 Å². The van der Waals surface area contributed by atoms with Gasteiger partial charge < -0.3 is 30.8 Å². The molecule has 198 valence electrons. The molecular weight excluding hydrogens is 550 g/mol. The van der Waals surface area contributed by atoms with Crippen molar-refractivity contribution in [3.8, 4) is 0 Å². The Labute approximate surface area is 221 Å². The number of nitrogen functional groups attached to an aromatic ring is 1. The number of thioether (sulfide) groups is 2. The molecule has 1 fully saturated rings. The van der Waals surface area contributed by atoms with Gasteiger partial charge in [-0.1, -0.05) is 16.9 Å². The summed E-state index contributed by atoms with van der Waals surface area (Å²) in [7, 11) is 0. The van der Waals surface area contributed by atoms with Crippen molar-refractivity contribution in [1.82, 2.24) is 15.2 Å². The number of esters is 1. The van der Waals surface area contributed by atoms with E-state index in [9.17, 15) is 29.1 Å². The predicted octanol–water partition coefficient (Wildman–Crippen LogP) is 0.425. The van der Waals surface area contributed by atoms with E-state index in [0.717, 1.165) is 34.1 Å². The second kappa shape index (κ2) is 12.1. The molecule has 5 N–H and O–H groups in total. The summed E-state index contributed by atoms with van der Waals surface area (Å²) < 4.78 is 4.98. The number of hydrogen-bond donors (Lipinski definition) is 4. The van der Waals surface area contributed by atoms with E-state index in [1.165, 1.54) is 22.5 Å². The van der Waals surface area contributed by atoms with E-state index >= 15 is 0 Å². The van der Waals surface area contributed by atoms with Gasteiger partial charge in [-0.2, -0.15) is 0 Å². The van der Waals surface area contributed by atoms with E-state index in [1.807, 2.05) is 0 Å². The Morgan fingerprint density at radius 3 is 2.70 bits per heavy atom. The number of ether oxygens (including phenoxy) is 1. The third-order valence-electron chi connectivity index (χ3n) is 4.51. The molecule has 1 saturated heterocycles. The minimum absolute atomic E-state index is 0.0119. The first-order chi connectivity index (χ1) is 17.5. The van der Waals surface area contributed by atoms with E-state index in [2.05, 4.69) is 20.3 Å². The molecule has 0 radical (unpaired) electrons. The van der Waals surface area contributed by atoms with Crippen LogP contribution < -0.4 is 11.1 Å². The van der Waals surface area contributed by atoms with Crippen LogP contribution in [-0.2, 0) is 33.5 Å². The average molecular weight is 572 g/mol. The number of fused-ring (bicyclic) bond motifs is 1. The number of nitrogens with one attached hydrogen (secondary N) is 1. The number of nitrogens with two attached hydrogens (primary N) is 1. The molecule has 0 aromatic carbocycles. The molecule has 0 unspecified atom stereocenters. The van der Waals surface area contributed by atoms with E-state index in [4.69, 9.17) is 15.6 Å². The number of oxime groups is 1. The number of rotatable bonds is 11. The van der Waals surface area contributed by atoms with E-state index in [1.54, 1.807) is 13.8 Å². The number of carbonyl (C=O) groups excluding carboxylic acids is 3. The highest BCUT2D eigenvalue weighted by atomic mass is 32.2. The standard InChI is InChI=1S/C20H21N5O9S3/c1-8(2)34-12(28)3-4-35-10-7-36-18-14(17(30)25(18)15(10)19(31)32)23-16(29)13(24-33-5-11(26)27)9-6-37-20(21)22-9/h3-4,6,8,14,18H,5,7H2,1-2H3,(H2,21,22)(H,23,29)(H,26,27)(H,31,32)/b4-3-,24-13-/t14-,18-/m1/s1. The highest BCUT2D eigenvalue weighted by Crippen LogP contribution is 2.43. The highest BCUT2D eigenvalue weighted by molar-refractivity contribution is 8.08. The van der Waals surface area contributed by atoms with E-state index < -0.39 is 53.5 Å². The molecule has 1 aromatic rings. The lowest BCUT2D eigenvalue weighted by Gasteiger charge is -2.49. The lowest BCUT2D eigenvalue weighted by atomic mass is 10.0. The van der Waals surface area contributed by atoms with Gasteiger partial charge in [0.1, 0.15) is 22.8 Å². The van der Waals surface area contributed by atoms with Gasteiger partial charge in [-0.3, -0.25) is 14.5 Å². The molecule has 2 amide bonds. The first kappa shape index (κ1) is 28.0. The normalized spacial score (nSPS) is 19.5. The van der Waals surface area contributed by atoms with Crippen molar-refractivity contribution in [2.45, 2.75) is 31.4 Å². The SMILES string of the molecule is CC(C)OC(=O)/C=C\SC1=C(C(=O)O)N2C(=O)[C@@H](NC(=O)/C(=N\OCC(=O)O)c3csc(N)n3)[C@H]2SC1. The maximum atomic E-state index is 12.9. The Kier molecular flexibility index (Phi) is 9.17. The summed E-state index contributed by atoms with van der Waals surface area (Å²) in [6.07, 6.45) is 0.850. The van der Waals surface area contributed by atoms with Crippen LogP contribution in [-0.4, -0.2) is 85.4 Å². The molecule has 0 aliphatic carbocycles. The van der Waals surface area contributed by atoms with Crippen LogP contribution in [0.1, 0.15) is 19.5 Å². The fraction of sp³-hybridized carbons (Fsp3) is 0.350. The van der Waals surface area contributed by atoms with Gasteiger partial charge in [-0.25, -0.2) is 19.4 Å². The second-order valence-corrected chi connectivity index (χ2v) is 10.5. The van der Waals surface area contributed by atoms with Gasteiger partial charge >= 0.3 is 17.9 Å². The molecular formula is C20H21N5O9S3. The molecule has 2 aliphatic rings. The first-order valence-corrected chi connectivity index (χ1v) is 13.2. The fourth-order valence-electron chi connectivity index (χ4n) is 3.09. The Morgan fingerprint density at radius 1 is 1.38 bits per heavy atom. The number of aromatic nitrogens is 1. The predicted molar refractivity (Wildman–Crippen MR) is 134 cm³/mol. The average Bonchev–Trinajstić information content (AvgIpc) is 3.24. The molecule has 1 aromatic heterocycles. The molecule has 0 bridgehead atoms. The van der Waals surface area contributed by atoms with Crippen molar-refractivity contribution in [3.63, 3.8) is 0 Å². The lowest BCUT2D eigenvalue weighted by molar-refractivity contribution is -0.150. The Bertz CT molecular complexity index is 1210. The fourth-order valence-corrected chi connectivity index (χ4v) is 5.95. The maximum Gasteiger partial charge on any atom is 0.353 e.